The highest BCUT2D eigenvalue weighted by molar-refractivity contribution is 6.04. The van der Waals surface area contributed by atoms with Crippen LogP contribution in [0, 0.1) is 6.92 Å². The maximum Gasteiger partial charge on any atom is 0.262 e. The van der Waals surface area contributed by atoms with Crippen molar-refractivity contribution in [3.05, 3.63) is 89.0 Å². The van der Waals surface area contributed by atoms with Crippen LogP contribution in [0.15, 0.2) is 66.7 Å². The number of ether oxygens (including phenoxy) is 1. The summed E-state index contributed by atoms with van der Waals surface area (Å²) < 4.78 is 5.46. The van der Waals surface area contributed by atoms with Gasteiger partial charge >= 0.3 is 0 Å². The molecular formula is C27H25N3O4. The van der Waals surface area contributed by atoms with Gasteiger partial charge in [-0.15, -0.1) is 0 Å². The molecule has 3 aromatic carbocycles. The molecule has 0 unspecified atom stereocenters. The Balaban J connectivity index is 1.27. The lowest BCUT2D eigenvalue weighted by atomic mass is 10.1. The molecule has 5 rings (SSSR count). The van der Waals surface area contributed by atoms with Crippen molar-refractivity contribution >= 4 is 29.1 Å². The predicted octanol–water partition coefficient (Wildman–Crippen LogP) is 4.38. The average Bonchev–Trinajstić information content (AvgIpc) is 3.69. The van der Waals surface area contributed by atoms with Crippen molar-refractivity contribution in [3.8, 4) is 5.75 Å². The molecule has 1 fully saturated rings. The molecule has 7 nitrogen and oxygen atoms in total. The van der Waals surface area contributed by atoms with Gasteiger partial charge in [-0.3, -0.25) is 14.4 Å². The van der Waals surface area contributed by atoms with Crippen LogP contribution in [0.1, 0.15) is 44.7 Å². The Kier molecular flexibility index (Phi) is 5.76. The molecule has 1 aliphatic carbocycles. The van der Waals surface area contributed by atoms with Gasteiger partial charge in [0.25, 0.3) is 17.7 Å². The van der Waals surface area contributed by atoms with E-state index in [1.54, 1.807) is 30.3 Å². The van der Waals surface area contributed by atoms with Crippen molar-refractivity contribution in [2.24, 2.45) is 0 Å². The lowest BCUT2D eigenvalue weighted by molar-refractivity contribution is -0.118. The minimum Gasteiger partial charge on any atom is -0.482 e. The molecule has 34 heavy (non-hydrogen) atoms. The SMILES string of the molecule is Cc1ccc(NC(=O)c2ccc(CN(C(=O)c3ccc4c(c3)OCC(=O)N4)C3CC3)cc2)cc1. The molecule has 0 saturated heterocycles. The number of fused-ring (bicyclic) bond motifs is 1. The zero-order chi connectivity index (χ0) is 23.7. The maximum atomic E-state index is 13.3. The van der Waals surface area contributed by atoms with Gasteiger partial charge in [-0.2, -0.15) is 0 Å². The van der Waals surface area contributed by atoms with Gasteiger partial charge in [0.2, 0.25) is 0 Å². The number of carbonyl (C=O) groups is 3. The summed E-state index contributed by atoms with van der Waals surface area (Å²) in [6.45, 7) is 2.40. The number of benzene rings is 3. The van der Waals surface area contributed by atoms with Gasteiger partial charge in [-0.1, -0.05) is 29.8 Å². The summed E-state index contributed by atoms with van der Waals surface area (Å²) in [6.07, 6.45) is 1.94. The van der Waals surface area contributed by atoms with Crippen LogP contribution in [-0.4, -0.2) is 35.3 Å². The maximum absolute atomic E-state index is 13.3. The van der Waals surface area contributed by atoms with E-state index in [1.807, 2.05) is 48.2 Å². The second-order valence-corrected chi connectivity index (χ2v) is 8.73. The van der Waals surface area contributed by atoms with Gasteiger partial charge in [0, 0.05) is 29.4 Å². The van der Waals surface area contributed by atoms with E-state index in [0.717, 1.165) is 29.7 Å². The fourth-order valence-electron chi connectivity index (χ4n) is 3.92. The Morgan fingerprint density at radius 1 is 1.00 bits per heavy atom. The molecule has 0 atom stereocenters. The highest BCUT2D eigenvalue weighted by Gasteiger charge is 2.33. The van der Waals surface area contributed by atoms with Crippen LogP contribution in [-0.2, 0) is 11.3 Å². The molecular weight excluding hydrogens is 430 g/mol. The second kappa shape index (κ2) is 9.02. The summed E-state index contributed by atoms with van der Waals surface area (Å²) in [5, 5.41) is 5.64. The molecule has 3 aromatic rings. The standard InChI is InChI=1S/C27H25N3O4/c1-17-2-9-21(10-3-17)28-26(32)19-6-4-18(5-7-19)15-30(22-11-12-22)27(33)20-8-13-23-24(14-20)34-16-25(31)29-23/h2-10,13-14,22H,11-12,15-16H2,1H3,(H,28,32)(H,29,31). The Bertz CT molecular complexity index is 1250. The predicted molar refractivity (Wildman–Crippen MR) is 129 cm³/mol. The molecule has 172 valence electrons. The molecule has 0 aromatic heterocycles. The Labute approximate surface area is 197 Å². The van der Waals surface area contributed by atoms with Crippen molar-refractivity contribution in [2.45, 2.75) is 32.4 Å². The largest absolute Gasteiger partial charge is 0.482 e. The highest BCUT2D eigenvalue weighted by Crippen LogP contribution is 2.33. The first kappa shape index (κ1) is 21.7. The third-order valence-corrected chi connectivity index (χ3v) is 5.99. The molecule has 2 aliphatic rings. The second-order valence-electron chi connectivity index (χ2n) is 8.73. The fraction of sp³-hybridized carbons (Fsp3) is 0.222. The van der Waals surface area contributed by atoms with E-state index in [2.05, 4.69) is 10.6 Å². The number of amides is 3. The zero-order valence-corrected chi connectivity index (χ0v) is 18.8. The van der Waals surface area contributed by atoms with Crippen LogP contribution in [0.4, 0.5) is 11.4 Å². The molecule has 0 radical (unpaired) electrons. The van der Waals surface area contributed by atoms with Crippen LogP contribution in [0.3, 0.4) is 0 Å². The van der Waals surface area contributed by atoms with Crippen molar-refractivity contribution in [1.82, 2.24) is 4.90 Å². The van der Waals surface area contributed by atoms with Crippen molar-refractivity contribution in [2.75, 3.05) is 17.2 Å². The van der Waals surface area contributed by atoms with E-state index in [4.69, 9.17) is 4.74 Å². The minimum atomic E-state index is -0.206. The summed E-state index contributed by atoms with van der Waals surface area (Å²) in [5.74, 6) is 0.0472. The number of nitrogens with zero attached hydrogens (tertiary/aromatic N) is 1. The lowest BCUT2D eigenvalue weighted by Crippen LogP contribution is -2.33. The lowest BCUT2D eigenvalue weighted by Gasteiger charge is -2.24. The average molecular weight is 456 g/mol. The first-order valence-corrected chi connectivity index (χ1v) is 11.3. The molecule has 2 N–H and O–H groups in total. The Morgan fingerprint density at radius 2 is 1.71 bits per heavy atom. The monoisotopic (exact) mass is 455 g/mol. The number of carbonyl (C=O) groups excluding carboxylic acids is 3. The molecule has 1 aliphatic heterocycles. The van der Waals surface area contributed by atoms with E-state index < -0.39 is 0 Å². The normalized spacial score (nSPS) is 14.4. The van der Waals surface area contributed by atoms with E-state index in [0.29, 0.717) is 29.1 Å². The van der Waals surface area contributed by atoms with Gasteiger partial charge < -0.3 is 20.3 Å². The van der Waals surface area contributed by atoms with Gasteiger partial charge in [0.1, 0.15) is 5.75 Å². The smallest absolute Gasteiger partial charge is 0.262 e. The number of rotatable bonds is 6. The first-order chi connectivity index (χ1) is 16.5. The van der Waals surface area contributed by atoms with Crippen molar-refractivity contribution in [1.29, 1.82) is 0 Å². The van der Waals surface area contributed by atoms with E-state index in [9.17, 15) is 14.4 Å². The molecule has 0 bridgehead atoms. The van der Waals surface area contributed by atoms with Crippen LogP contribution >= 0.6 is 0 Å². The molecule has 1 saturated carbocycles. The Hall–Kier alpha value is -4.13. The fourth-order valence-corrected chi connectivity index (χ4v) is 3.92. The molecule has 1 heterocycles. The third kappa shape index (κ3) is 4.78. The van der Waals surface area contributed by atoms with E-state index >= 15 is 0 Å². The highest BCUT2D eigenvalue weighted by atomic mass is 16.5. The molecule has 3 amide bonds. The summed E-state index contributed by atoms with van der Waals surface area (Å²) >= 11 is 0. The third-order valence-electron chi connectivity index (χ3n) is 5.99. The summed E-state index contributed by atoms with van der Waals surface area (Å²) in [6, 6.07) is 20.3. The van der Waals surface area contributed by atoms with Gasteiger partial charge in [0.15, 0.2) is 6.61 Å². The van der Waals surface area contributed by atoms with Crippen molar-refractivity contribution < 1.29 is 19.1 Å². The summed E-state index contributed by atoms with van der Waals surface area (Å²) in [7, 11) is 0. The van der Waals surface area contributed by atoms with E-state index in [1.165, 1.54) is 0 Å². The van der Waals surface area contributed by atoms with Crippen LogP contribution in [0.25, 0.3) is 0 Å². The zero-order valence-electron chi connectivity index (χ0n) is 18.8. The van der Waals surface area contributed by atoms with E-state index in [-0.39, 0.29) is 30.4 Å². The summed E-state index contributed by atoms with van der Waals surface area (Å²) in [4.78, 5) is 39.2. The van der Waals surface area contributed by atoms with Gasteiger partial charge in [-0.25, -0.2) is 0 Å². The van der Waals surface area contributed by atoms with Crippen molar-refractivity contribution in [3.63, 3.8) is 0 Å². The Morgan fingerprint density at radius 3 is 2.41 bits per heavy atom. The minimum absolute atomic E-state index is 0.0547. The van der Waals surface area contributed by atoms with Gasteiger partial charge in [-0.05, 0) is 67.8 Å². The molecule has 0 spiro atoms. The number of nitrogens with one attached hydrogen (secondary N) is 2. The molecule has 7 heteroatoms. The van der Waals surface area contributed by atoms with Gasteiger partial charge in [0.05, 0.1) is 5.69 Å². The van der Waals surface area contributed by atoms with Crippen LogP contribution in [0.5, 0.6) is 5.75 Å². The number of anilines is 2. The topological polar surface area (TPSA) is 87.7 Å². The number of aryl methyl sites for hydroxylation is 1. The quantitative estimate of drug-likeness (QED) is 0.577. The van der Waals surface area contributed by atoms with Crippen LogP contribution in [0.2, 0.25) is 0 Å². The number of hydrogen-bond acceptors (Lipinski definition) is 4. The summed E-state index contributed by atoms with van der Waals surface area (Å²) in [5.41, 5.74) is 4.49. The first-order valence-electron chi connectivity index (χ1n) is 11.3. The van der Waals surface area contributed by atoms with Crippen LogP contribution < -0.4 is 15.4 Å². The number of hydrogen-bond donors (Lipinski definition) is 2.